The van der Waals surface area contributed by atoms with Gasteiger partial charge in [0.25, 0.3) is 5.91 Å². The summed E-state index contributed by atoms with van der Waals surface area (Å²) in [4.78, 5) is 24.6. The SMILES string of the molecule is CC(NC(=O)c1c(F)ccc(N)c1F)C(=O)N(C)C. The van der Waals surface area contributed by atoms with Crippen molar-refractivity contribution in [1.82, 2.24) is 10.2 Å². The van der Waals surface area contributed by atoms with E-state index in [4.69, 9.17) is 5.73 Å². The monoisotopic (exact) mass is 271 g/mol. The average Bonchev–Trinajstić information content (AvgIpc) is 2.33. The molecule has 0 aliphatic rings. The first kappa shape index (κ1) is 14.9. The molecule has 1 rings (SSSR count). The molecule has 19 heavy (non-hydrogen) atoms. The third kappa shape index (κ3) is 3.18. The van der Waals surface area contributed by atoms with Gasteiger partial charge in [-0.05, 0) is 19.1 Å². The molecule has 0 aliphatic heterocycles. The molecule has 0 spiro atoms. The lowest BCUT2D eigenvalue weighted by molar-refractivity contribution is -0.130. The lowest BCUT2D eigenvalue weighted by Gasteiger charge is -2.18. The molecule has 0 aromatic heterocycles. The smallest absolute Gasteiger partial charge is 0.257 e. The topological polar surface area (TPSA) is 75.4 Å². The highest BCUT2D eigenvalue weighted by molar-refractivity contribution is 5.98. The number of nitrogens with two attached hydrogens (primary N) is 1. The maximum absolute atomic E-state index is 13.6. The molecule has 1 atom stereocenters. The number of nitrogens with one attached hydrogen (secondary N) is 1. The van der Waals surface area contributed by atoms with Gasteiger partial charge < -0.3 is 16.0 Å². The Kier molecular flexibility index (Phi) is 4.42. The van der Waals surface area contributed by atoms with E-state index in [1.807, 2.05) is 0 Å². The Hall–Kier alpha value is -2.18. The molecule has 1 aromatic carbocycles. The van der Waals surface area contributed by atoms with Crippen LogP contribution in [0.2, 0.25) is 0 Å². The van der Waals surface area contributed by atoms with E-state index in [1.165, 1.54) is 25.9 Å². The van der Waals surface area contributed by atoms with Gasteiger partial charge in [-0.1, -0.05) is 0 Å². The van der Waals surface area contributed by atoms with Crippen LogP contribution in [0.5, 0.6) is 0 Å². The van der Waals surface area contributed by atoms with Crippen LogP contribution < -0.4 is 11.1 Å². The molecule has 2 amide bonds. The molecule has 104 valence electrons. The highest BCUT2D eigenvalue weighted by Gasteiger charge is 2.23. The summed E-state index contributed by atoms with van der Waals surface area (Å²) < 4.78 is 27.0. The number of amides is 2. The molecular formula is C12H15F2N3O2. The maximum Gasteiger partial charge on any atom is 0.257 e. The van der Waals surface area contributed by atoms with Gasteiger partial charge in [-0.3, -0.25) is 9.59 Å². The number of hydrogen-bond acceptors (Lipinski definition) is 3. The molecule has 0 saturated carbocycles. The van der Waals surface area contributed by atoms with Gasteiger partial charge in [-0.2, -0.15) is 0 Å². The van der Waals surface area contributed by atoms with E-state index in [-0.39, 0.29) is 5.69 Å². The molecule has 0 fully saturated rings. The van der Waals surface area contributed by atoms with Crippen LogP contribution in [0.3, 0.4) is 0 Å². The third-order valence-corrected chi connectivity index (χ3v) is 2.51. The van der Waals surface area contributed by atoms with Crippen molar-refractivity contribution in [2.24, 2.45) is 0 Å². The second-order valence-corrected chi connectivity index (χ2v) is 4.25. The van der Waals surface area contributed by atoms with E-state index in [0.717, 1.165) is 12.1 Å². The van der Waals surface area contributed by atoms with Crippen LogP contribution in [-0.2, 0) is 4.79 Å². The van der Waals surface area contributed by atoms with Crippen molar-refractivity contribution >= 4 is 17.5 Å². The predicted molar refractivity (Wildman–Crippen MR) is 66.4 cm³/mol. The summed E-state index contributed by atoms with van der Waals surface area (Å²) in [5, 5.41) is 2.22. The summed E-state index contributed by atoms with van der Waals surface area (Å²) in [6, 6.07) is 1.02. The van der Waals surface area contributed by atoms with Crippen LogP contribution in [0.25, 0.3) is 0 Å². The molecule has 1 unspecified atom stereocenters. The van der Waals surface area contributed by atoms with Crippen LogP contribution in [-0.4, -0.2) is 36.9 Å². The Morgan fingerprint density at radius 3 is 2.42 bits per heavy atom. The number of carbonyl (C=O) groups excluding carboxylic acids is 2. The minimum Gasteiger partial charge on any atom is -0.396 e. The number of hydrogen-bond donors (Lipinski definition) is 2. The predicted octanol–water partition coefficient (Wildman–Crippen LogP) is 0.754. The summed E-state index contributed by atoms with van der Waals surface area (Å²) in [6.45, 7) is 1.42. The van der Waals surface area contributed by atoms with E-state index >= 15 is 0 Å². The van der Waals surface area contributed by atoms with Crippen molar-refractivity contribution in [1.29, 1.82) is 0 Å². The van der Waals surface area contributed by atoms with Gasteiger partial charge in [0.15, 0.2) is 5.82 Å². The number of halogens is 2. The fourth-order valence-corrected chi connectivity index (χ4v) is 1.49. The van der Waals surface area contributed by atoms with Gasteiger partial charge in [-0.25, -0.2) is 8.78 Å². The second kappa shape index (κ2) is 5.64. The molecule has 0 radical (unpaired) electrons. The Labute approximate surface area is 109 Å². The third-order valence-electron chi connectivity index (χ3n) is 2.51. The van der Waals surface area contributed by atoms with Gasteiger partial charge >= 0.3 is 0 Å². The zero-order valence-electron chi connectivity index (χ0n) is 10.8. The molecule has 1 aromatic rings. The standard InChI is InChI=1S/C12H15F2N3O2/c1-6(12(19)17(2)3)16-11(18)9-7(13)4-5-8(15)10(9)14/h4-6H,15H2,1-3H3,(H,16,18). The summed E-state index contributed by atoms with van der Waals surface area (Å²) in [5.74, 6) is -3.58. The molecule has 0 aliphatic carbocycles. The van der Waals surface area contributed by atoms with Crippen LogP contribution in [0.4, 0.5) is 14.5 Å². The molecule has 7 heteroatoms. The Balaban J connectivity index is 2.97. The van der Waals surface area contributed by atoms with Crippen molar-refractivity contribution in [3.05, 3.63) is 29.3 Å². The van der Waals surface area contributed by atoms with Gasteiger partial charge in [0.2, 0.25) is 5.91 Å². The summed E-state index contributed by atoms with van der Waals surface area (Å²) in [6.07, 6.45) is 0. The van der Waals surface area contributed by atoms with Crippen LogP contribution in [0.1, 0.15) is 17.3 Å². The largest absolute Gasteiger partial charge is 0.396 e. The number of benzene rings is 1. The van der Waals surface area contributed by atoms with Crippen LogP contribution in [0.15, 0.2) is 12.1 Å². The highest BCUT2D eigenvalue weighted by atomic mass is 19.1. The van der Waals surface area contributed by atoms with Crippen molar-refractivity contribution in [2.45, 2.75) is 13.0 Å². The molecule has 0 saturated heterocycles. The van der Waals surface area contributed by atoms with Crippen LogP contribution >= 0.6 is 0 Å². The normalized spacial score (nSPS) is 11.8. The molecule has 3 N–H and O–H groups in total. The molecule has 0 bridgehead atoms. The minimum atomic E-state index is -1.14. The lowest BCUT2D eigenvalue weighted by atomic mass is 10.1. The number of carbonyl (C=O) groups is 2. The first-order chi connectivity index (χ1) is 8.75. The zero-order chi connectivity index (χ0) is 14.7. The second-order valence-electron chi connectivity index (χ2n) is 4.25. The summed E-state index contributed by atoms with van der Waals surface area (Å²) in [5.41, 5.74) is 4.14. The molecule has 5 nitrogen and oxygen atoms in total. The maximum atomic E-state index is 13.6. The van der Waals surface area contributed by atoms with E-state index < -0.39 is 35.1 Å². The first-order valence-electron chi connectivity index (χ1n) is 5.51. The number of nitrogen functional groups attached to an aromatic ring is 1. The Bertz CT molecular complexity index is 518. The number of nitrogens with zero attached hydrogens (tertiary/aromatic N) is 1. The Morgan fingerprint density at radius 1 is 1.32 bits per heavy atom. The fourth-order valence-electron chi connectivity index (χ4n) is 1.49. The average molecular weight is 271 g/mol. The van der Waals surface area contributed by atoms with Crippen molar-refractivity contribution in [2.75, 3.05) is 19.8 Å². The van der Waals surface area contributed by atoms with Crippen molar-refractivity contribution in [3.8, 4) is 0 Å². The number of anilines is 1. The van der Waals surface area contributed by atoms with Gasteiger partial charge in [0.05, 0.1) is 5.69 Å². The quantitative estimate of drug-likeness (QED) is 0.797. The van der Waals surface area contributed by atoms with Gasteiger partial charge in [0, 0.05) is 14.1 Å². The number of rotatable bonds is 3. The Morgan fingerprint density at radius 2 is 1.89 bits per heavy atom. The lowest BCUT2D eigenvalue weighted by Crippen LogP contribution is -2.44. The van der Waals surface area contributed by atoms with E-state index in [9.17, 15) is 18.4 Å². The van der Waals surface area contributed by atoms with Gasteiger partial charge in [0.1, 0.15) is 17.4 Å². The van der Waals surface area contributed by atoms with E-state index in [1.54, 1.807) is 0 Å². The first-order valence-corrected chi connectivity index (χ1v) is 5.51. The molecule has 0 heterocycles. The minimum absolute atomic E-state index is 0.335. The van der Waals surface area contributed by atoms with Crippen molar-refractivity contribution in [3.63, 3.8) is 0 Å². The fraction of sp³-hybridized carbons (Fsp3) is 0.333. The highest BCUT2D eigenvalue weighted by Crippen LogP contribution is 2.18. The van der Waals surface area contributed by atoms with Gasteiger partial charge in [-0.15, -0.1) is 0 Å². The van der Waals surface area contributed by atoms with E-state index in [2.05, 4.69) is 5.32 Å². The van der Waals surface area contributed by atoms with Crippen molar-refractivity contribution < 1.29 is 18.4 Å². The summed E-state index contributed by atoms with van der Waals surface area (Å²) in [7, 11) is 3.01. The van der Waals surface area contributed by atoms with E-state index in [0.29, 0.717) is 0 Å². The number of likely N-dealkylation sites (N-methyl/N-ethyl adjacent to an activating group) is 1. The summed E-state index contributed by atoms with van der Waals surface area (Å²) >= 11 is 0. The zero-order valence-corrected chi connectivity index (χ0v) is 10.8. The van der Waals surface area contributed by atoms with Crippen LogP contribution in [0, 0.1) is 11.6 Å². The molecular weight excluding hydrogens is 256 g/mol.